The third-order valence-electron chi connectivity index (χ3n) is 5.08. The highest BCUT2D eigenvalue weighted by atomic mass is 127. The van der Waals surface area contributed by atoms with E-state index in [1.54, 1.807) is 0 Å². The predicted octanol–water partition coefficient (Wildman–Crippen LogP) is 3.28. The minimum absolute atomic E-state index is 0. The summed E-state index contributed by atoms with van der Waals surface area (Å²) in [6.07, 6.45) is 4.21. The summed E-state index contributed by atoms with van der Waals surface area (Å²) >= 11 is 1.86. The normalized spacial score (nSPS) is 11.5. The highest BCUT2D eigenvalue weighted by Crippen LogP contribution is 2.15. The average molecular weight is 557 g/mol. The zero-order valence-corrected chi connectivity index (χ0v) is 21.9. The molecule has 31 heavy (non-hydrogen) atoms. The molecule has 10 heteroatoms. The number of guanidine groups is 1. The maximum Gasteiger partial charge on any atom is 0.191 e. The second-order valence-corrected chi connectivity index (χ2v) is 8.23. The molecule has 2 heterocycles. The first-order chi connectivity index (χ1) is 14.6. The van der Waals surface area contributed by atoms with Gasteiger partial charge in [0, 0.05) is 26.7 Å². The zero-order chi connectivity index (χ0) is 21.3. The third-order valence-corrected chi connectivity index (χ3v) is 5.77. The summed E-state index contributed by atoms with van der Waals surface area (Å²) in [5.41, 5.74) is 2.25. The Bertz CT molecular complexity index is 981. The Morgan fingerprint density at radius 2 is 1.81 bits per heavy atom. The summed E-state index contributed by atoms with van der Waals surface area (Å²) in [6.45, 7) is 7.16. The van der Waals surface area contributed by atoms with E-state index in [2.05, 4.69) is 61.8 Å². The van der Waals surface area contributed by atoms with E-state index in [-0.39, 0.29) is 24.0 Å². The van der Waals surface area contributed by atoms with Gasteiger partial charge in [0.2, 0.25) is 0 Å². The minimum atomic E-state index is 0. The first kappa shape index (κ1) is 25.4. The quantitative estimate of drug-likeness (QED) is 0.173. The average Bonchev–Trinajstić information content (AvgIpc) is 3.24. The van der Waals surface area contributed by atoms with Gasteiger partial charge < -0.3 is 19.8 Å². The van der Waals surface area contributed by atoms with E-state index in [9.17, 15) is 0 Å². The van der Waals surface area contributed by atoms with Crippen LogP contribution in [0.5, 0.6) is 0 Å². The Morgan fingerprint density at radius 3 is 2.52 bits per heavy atom. The number of hydrogen-bond donors (Lipinski definition) is 2. The molecule has 0 atom stereocenters. The first-order valence-electron chi connectivity index (χ1n) is 10.4. The summed E-state index contributed by atoms with van der Waals surface area (Å²) in [7, 11) is 1.97. The number of benzene rings is 1. The van der Waals surface area contributed by atoms with Crippen LogP contribution >= 0.6 is 35.7 Å². The summed E-state index contributed by atoms with van der Waals surface area (Å²) in [5.74, 6) is 4.76. The van der Waals surface area contributed by atoms with Gasteiger partial charge in [0.15, 0.2) is 11.8 Å². The van der Waals surface area contributed by atoms with Gasteiger partial charge in [-0.2, -0.15) is 11.8 Å². The largest absolute Gasteiger partial charge is 0.356 e. The molecule has 0 saturated heterocycles. The monoisotopic (exact) mass is 556 g/mol. The Balaban J connectivity index is 0.00000341. The number of halogens is 1. The van der Waals surface area contributed by atoms with Crippen LogP contribution in [0.4, 0.5) is 0 Å². The van der Waals surface area contributed by atoms with Gasteiger partial charge in [-0.3, -0.25) is 0 Å². The van der Waals surface area contributed by atoms with E-state index >= 15 is 0 Å². The molecule has 170 valence electrons. The van der Waals surface area contributed by atoms with Crippen LogP contribution < -0.4 is 10.6 Å². The van der Waals surface area contributed by atoms with Crippen molar-refractivity contribution in [1.82, 2.24) is 34.9 Å². The van der Waals surface area contributed by atoms with E-state index in [4.69, 9.17) is 4.99 Å². The van der Waals surface area contributed by atoms with Crippen LogP contribution in [0.15, 0.2) is 29.3 Å². The molecule has 0 unspecified atom stereocenters. The number of para-hydroxylation sites is 2. The fourth-order valence-corrected chi connectivity index (χ4v) is 3.69. The van der Waals surface area contributed by atoms with Crippen molar-refractivity contribution < 1.29 is 0 Å². The molecule has 0 aliphatic rings. The van der Waals surface area contributed by atoms with Crippen molar-refractivity contribution in [3.05, 3.63) is 41.7 Å². The third kappa shape index (κ3) is 7.09. The molecule has 8 nitrogen and oxygen atoms in total. The minimum Gasteiger partial charge on any atom is -0.356 e. The zero-order valence-electron chi connectivity index (χ0n) is 18.8. The molecule has 0 amide bonds. The molecule has 3 aromatic rings. The molecule has 1 aromatic carbocycles. The lowest BCUT2D eigenvalue weighted by Gasteiger charge is -2.13. The number of nitrogens with zero attached hydrogens (tertiary/aromatic N) is 6. The first-order valence-corrected chi connectivity index (χ1v) is 11.8. The van der Waals surface area contributed by atoms with Gasteiger partial charge in [-0.15, -0.1) is 34.2 Å². The lowest BCUT2D eigenvalue weighted by atomic mass is 10.3. The molecule has 0 bridgehead atoms. The highest BCUT2D eigenvalue weighted by Gasteiger charge is 2.07. The number of rotatable bonds is 10. The SMILES string of the molecule is CSCCCNC(=NCc1nnc(C)n1C)NCCCn1c(C)nc2ccccc21.I. The van der Waals surface area contributed by atoms with Gasteiger partial charge in [0.1, 0.15) is 18.2 Å². The van der Waals surface area contributed by atoms with Gasteiger partial charge in [-0.05, 0) is 50.8 Å². The van der Waals surface area contributed by atoms with Crippen molar-refractivity contribution in [2.24, 2.45) is 12.0 Å². The molecule has 0 spiro atoms. The van der Waals surface area contributed by atoms with Crippen molar-refractivity contribution >= 4 is 52.7 Å². The van der Waals surface area contributed by atoms with E-state index in [1.165, 1.54) is 5.52 Å². The van der Waals surface area contributed by atoms with Crippen molar-refractivity contribution in [2.75, 3.05) is 25.1 Å². The van der Waals surface area contributed by atoms with Crippen LogP contribution in [0.2, 0.25) is 0 Å². The molecule has 0 aliphatic carbocycles. The lowest BCUT2D eigenvalue weighted by molar-refractivity contribution is 0.622. The predicted molar refractivity (Wildman–Crippen MR) is 140 cm³/mol. The topological polar surface area (TPSA) is 85.0 Å². The number of hydrogen-bond acceptors (Lipinski definition) is 5. The Labute approximate surface area is 205 Å². The van der Waals surface area contributed by atoms with Crippen molar-refractivity contribution in [3.8, 4) is 0 Å². The van der Waals surface area contributed by atoms with E-state index < -0.39 is 0 Å². The summed E-state index contributed by atoms with van der Waals surface area (Å²) in [6, 6.07) is 8.29. The summed E-state index contributed by atoms with van der Waals surface area (Å²) < 4.78 is 4.25. The lowest BCUT2D eigenvalue weighted by Crippen LogP contribution is -2.39. The molecular weight excluding hydrogens is 523 g/mol. The molecule has 0 saturated carbocycles. The highest BCUT2D eigenvalue weighted by molar-refractivity contribution is 14.0. The van der Waals surface area contributed by atoms with Crippen molar-refractivity contribution in [3.63, 3.8) is 0 Å². The molecule has 0 aliphatic heterocycles. The van der Waals surface area contributed by atoms with Crippen LogP contribution in [0.1, 0.15) is 30.3 Å². The molecule has 2 N–H and O–H groups in total. The summed E-state index contributed by atoms with van der Waals surface area (Å²) in [4.78, 5) is 9.36. The van der Waals surface area contributed by atoms with E-state index in [0.717, 1.165) is 67.2 Å². The molecular formula is C21H33IN8S. The summed E-state index contributed by atoms with van der Waals surface area (Å²) in [5, 5.41) is 15.2. The molecule has 2 aromatic heterocycles. The molecule has 0 radical (unpaired) electrons. The Morgan fingerprint density at radius 1 is 1.06 bits per heavy atom. The van der Waals surface area contributed by atoms with Crippen LogP contribution in [-0.2, 0) is 20.1 Å². The van der Waals surface area contributed by atoms with Crippen LogP contribution in [0.3, 0.4) is 0 Å². The number of aliphatic imine (C=N–C) groups is 1. The smallest absolute Gasteiger partial charge is 0.191 e. The number of nitrogens with one attached hydrogen (secondary N) is 2. The van der Waals surface area contributed by atoms with Gasteiger partial charge in [-0.25, -0.2) is 9.98 Å². The van der Waals surface area contributed by atoms with Gasteiger partial charge in [0.05, 0.1) is 11.0 Å². The number of aromatic nitrogens is 5. The van der Waals surface area contributed by atoms with Gasteiger partial charge >= 0.3 is 0 Å². The second kappa shape index (κ2) is 12.9. The number of aryl methyl sites for hydroxylation is 3. The maximum atomic E-state index is 4.71. The second-order valence-electron chi connectivity index (χ2n) is 7.24. The van der Waals surface area contributed by atoms with Crippen molar-refractivity contribution in [1.29, 1.82) is 0 Å². The Hall–Kier alpha value is -1.82. The van der Waals surface area contributed by atoms with Gasteiger partial charge in [0.25, 0.3) is 0 Å². The standard InChI is InChI=1S/C21H32N8S.HI/c1-16-25-18-9-5-6-10-19(18)29(16)13-7-11-22-21(23-12-8-14-30-4)24-15-20-27-26-17(2)28(20)3;/h5-6,9-10H,7-8,11-15H2,1-4H3,(H2,22,23,24);1H. The molecule has 3 rings (SSSR count). The van der Waals surface area contributed by atoms with Gasteiger partial charge in [-0.1, -0.05) is 12.1 Å². The van der Waals surface area contributed by atoms with Crippen molar-refractivity contribution in [2.45, 2.75) is 39.8 Å². The van der Waals surface area contributed by atoms with Crippen LogP contribution in [-0.4, -0.2) is 55.4 Å². The van der Waals surface area contributed by atoms with E-state index in [1.807, 2.05) is 36.4 Å². The number of fused-ring (bicyclic) bond motifs is 1. The Kier molecular flexibility index (Phi) is 10.6. The number of thioether (sulfide) groups is 1. The maximum absolute atomic E-state index is 4.71. The number of imidazole rings is 1. The fraction of sp³-hybridized carbons (Fsp3) is 0.524. The molecule has 0 fully saturated rings. The van der Waals surface area contributed by atoms with Crippen LogP contribution in [0, 0.1) is 13.8 Å². The fourth-order valence-electron chi connectivity index (χ4n) is 3.26. The van der Waals surface area contributed by atoms with Crippen LogP contribution in [0.25, 0.3) is 11.0 Å². The van der Waals surface area contributed by atoms with E-state index in [0.29, 0.717) is 6.54 Å².